The quantitative estimate of drug-likeness (QED) is 0.705. The molecule has 1 rings (SSSR count). The molecule has 0 saturated carbocycles. The summed E-state index contributed by atoms with van der Waals surface area (Å²) in [5.74, 6) is 1.39. The lowest BCUT2D eigenvalue weighted by atomic mass is 10.1. The van der Waals surface area contributed by atoms with Crippen molar-refractivity contribution in [2.24, 2.45) is 11.8 Å². The number of rotatable bonds is 8. The van der Waals surface area contributed by atoms with Crippen molar-refractivity contribution in [3.63, 3.8) is 0 Å². The predicted octanol–water partition coefficient (Wildman–Crippen LogP) is 5.29. The van der Waals surface area contributed by atoms with Crippen LogP contribution in [-0.4, -0.2) is 18.2 Å². The van der Waals surface area contributed by atoms with Gasteiger partial charge in [-0.2, -0.15) is 0 Å². The van der Waals surface area contributed by atoms with Gasteiger partial charge >= 0.3 is 0 Å². The number of hydrogen-bond donors (Lipinski definition) is 1. The largest absolute Gasteiger partial charge is 0.389 e. The van der Waals surface area contributed by atoms with E-state index in [-0.39, 0.29) is 0 Å². The van der Waals surface area contributed by atoms with Gasteiger partial charge in [0.05, 0.1) is 6.10 Å². The maximum Gasteiger partial charge on any atom is 0.0776 e. The first kappa shape index (κ1) is 18.3. The van der Waals surface area contributed by atoms with Crippen LogP contribution in [-0.2, 0) is 0 Å². The SMILES string of the molecule is CC(C)CCN(CCC(C)C)c1ccc(C(C)O)c(Cl)c1. The van der Waals surface area contributed by atoms with E-state index in [2.05, 4.69) is 38.7 Å². The second-order valence-electron chi connectivity index (χ2n) is 6.73. The van der Waals surface area contributed by atoms with Gasteiger partial charge in [-0.25, -0.2) is 0 Å². The first-order chi connectivity index (χ1) is 9.81. The molecule has 0 heterocycles. The summed E-state index contributed by atoms with van der Waals surface area (Å²) in [5.41, 5.74) is 1.96. The number of nitrogens with zero attached hydrogens (tertiary/aromatic N) is 1. The normalized spacial score (nSPS) is 13.0. The molecule has 21 heavy (non-hydrogen) atoms. The standard InChI is InChI=1S/C18H30ClNO/c1-13(2)8-10-20(11-9-14(3)4)16-6-7-17(15(5)21)18(19)12-16/h6-7,12-15,21H,8-11H2,1-5H3. The molecule has 0 aliphatic rings. The molecule has 0 radical (unpaired) electrons. The number of aliphatic hydroxyl groups excluding tert-OH is 1. The fourth-order valence-electron chi connectivity index (χ4n) is 2.25. The molecule has 1 aromatic rings. The Morgan fingerprint density at radius 2 is 1.52 bits per heavy atom. The molecule has 0 saturated heterocycles. The molecule has 0 aliphatic carbocycles. The summed E-state index contributed by atoms with van der Waals surface area (Å²) in [5, 5.41) is 10.3. The lowest BCUT2D eigenvalue weighted by Gasteiger charge is -2.27. The lowest BCUT2D eigenvalue weighted by molar-refractivity contribution is 0.199. The molecular weight excluding hydrogens is 282 g/mol. The van der Waals surface area contributed by atoms with Crippen LogP contribution in [0.4, 0.5) is 5.69 Å². The van der Waals surface area contributed by atoms with Crippen molar-refractivity contribution in [1.82, 2.24) is 0 Å². The van der Waals surface area contributed by atoms with E-state index in [0.29, 0.717) is 16.9 Å². The molecule has 2 nitrogen and oxygen atoms in total. The first-order valence-corrected chi connectivity index (χ1v) is 8.41. The van der Waals surface area contributed by atoms with Crippen molar-refractivity contribution in [3.05, 3.63) is 28.8 Å². The van der Waals surface area contributed by atoms with Gasteiger partial charge < -0.3 is 10.0 Å². The van der Waals surface area contributed by atoms with E-state index < -0.39 is 6.10 Å². The number of hydrogen-bond acceptors (Lipinski definition) is 2. The van der Waals surface area contributed by atoms with E-state index in [9.17, 15) is 5.11 Å². The summed E-state index contributed by atoms with van der Waals surface area (Å²) < 4.78 is 0. The Balaban J connectivity index is 2.88. The zero-order valence-corrected chi connectivity index (χ0v) is 14.8. The van der Waals surface area contributed by atoms with Crippen LogP contribution in [0.15, 0.2) is 18.2 Å². The van der Waals surface area contributed by atoms with Gasteiger partial charge in [-0.15, -0.1) is 0 Å². The van der Waals surface area contributed by atoms with Gasteiger partial charge in [0, 0.05) is 23.8 Å². The van der Waals surface area contributed by atoms with Gasteiger partial charge in [0.2, 0.25) is 0 Å². The minimum Gasteiger partial charge on any atom is -0.389 e. The summed E-state index contributed by atoms with van der Waals surface area (Å²) in [6.07, 6.45) is 1.83. The summed E-state index contributed by atoms with van der Waals surface area (Å²) in [7, 11) is 0. The van der Waals surface area contributed by atoms with E-state index in [1.165, 1.54) is 12.8 Å². The molecule has 0 fully saturated rings. The zero-order valence-electron chi connectivity index (χ0n) is 14.1. The number of benzene rings is 1. The van der Waals surface area contributed by atoms with E-state index in [0.717, 1.165) is 24.3 Å². The van der Waals surface area contributed by atoms with E-state index in [1.807, 2.05) is 12.1 Å². The van der Waals surface area contributed by atoms with Gasteiger partial charge in [0.25, 0.3) is 0 Å². The third-order valence-electron chi connectivity index (χ3n) is 3.75. The molecule has 3 heteroatoms. The van der Waals surface area contributed by atoms with Crippen LogP contribution in [0.3, 0.4) is 0 Å². The van der Waals surface area contributed by atoms with Crippen LogP contribution in [0.2, 0.25) is 5.02 Å². The van der Waals surface area contributed by atoms with Gasteiger partial charge in [-0.05, 0) is 49.3 Å². The van der Waals surface area contributed by atoms with Gasteiger partial charge in [0.1, 0.15) is 0 Å². The van der Waals surface area contributed by atoms with E-state index in [1.54, 1.807) is 6.92 Å². The third-order valence-corrected chi connectivity index (χ3v) is 4.08. The minimum absolute atomic E-state index is 0.522. The Hall–Kier alpha value is -0.730. The van der Waals surface area contributed by atoms with Crippen LogP contribution < -0.4 is 4.90 Å². The second kappa shape index (κ2) is 8.65. The van der Waals surface area contributed by atoms with Crippen LogP contribution in [0.1, 0.15) is 59.1 Å². The topological polar surface area (TPSA) is 23.5 Å². The van der Waals surface area contributed by atoms with Crippen LogP contribution in [0.25, 0.3) is 0 Å². The van der Waals surface area contributed by atoms with Crippen LogP contribution in [0.5, 0.6) is 0 Å². The highest BCUT2D eigenvalue weighted by Crippen LogP contribution is 2.28. The molecule has 1 N–H and O–H groups in total. The Kier molecular flexibility index (Phi) is 7.55. The van der Waals surface area contributed by atoms with Crippen molar-refractivity contribution in [2.75, 3.05) is 18.0 Å². The van der Waals surface area contributed by atoms with Gasteiger partial charge in [0.15, 0.2) is 0 Å². The monoisotopic (exact) mass is 311 g/mol. The van der Waals surface area contributed by atoms with Crippen molar-refractivity contribution < 1.29 is 5.11 Å². The molecule has 0 amide bonds. The molecule has 120 valence electrons. The van der Waals surface area contributed by atoms with Crippen LogP contribution in [0, 0.1) is 11.8 Å². The Morgan fingerprint density at radius 3 is 1.90 bits per heavy atom. The number of anilines is 1. The minimum atomic E-state index is -0.522. The Morgan fingerprint density at radius 1 is 1.00 bits per heavy atom. The van der Waals surface area contributed by atoms with E-state index >= 15 is 0 Å². The summed E-state index contributed by atoms with van der Waals surface area (Å²) in [6, 6.07) is 6.01. The average molecular weight is 312 g/mol. The smallest absolute Gasteiger partial charge is 0.0776 e. The molecule has 0 spiro atoms. The summed E-state index contributed by atoms with van der Waals surface area (Å²) in [6.45, 7) is 12.9. The molecule has 0 aliphatic heterocycles. The molecule has 0 bridgehead atoms. The summed E-state index contributed by atoms with van der Waals surface area (Å²) in [4.78, 5) is 2.41. The number of aliphatic hydroxyl groups is 1. The highest BCUT2D eigenvalue weighted by molar-refractivity contribution is 6.31. The number of halogens is 1. The van der Waals surface area contributed by atoms with Gasteiger partial charge in [-0.1, -0.05) is 45.4 Å². The molecule has 1 atom stereocenters. The summed E-state index contributed by atoms with van der Waals surface area (Å²) >= 11 is 6.31. The maximum absolute atomic E-state index is 9.69. The second-order valence-corrected chi connectivity index (χ2v) is 7.14. The molecule has 1 unspecified atom stereocenters. The Labute approximate surface area is 135 Å². The highest BCUT2D eigenvalue weighted by atomic mass is 35.5. The molecular formula is C18H30ClNO. The zero-order chi connectivity index (χ0) is 16.0. The molecule has 1 aromatic carbocycles. The van der Waals surface area contributed by atoms with Crippen molar-refractivity contribution in [3.8, 4) is 0 Å². The third kappa shape index (κ3) is 6.27. The predicted molar refractivity (Wildman–Crippen MR) is 93.2 cm³/mol. The lowest BCUT2D eigenvalue weighted by Crippen LogP contribution is -2.27. The fraction of sp³-hybridized carbons (Fsp3) is 0.667. The van der Waals surface area contributed by atoms with E-state index in [4.69, 9.17) is 11.6 Å². The van der Waals surface area contributed by atoms with Crippen molar-refractivity contribution in [1.29, 1.82) is 0 Å². The highest BCUT2D eigenvalue weighted by Gasteiger charge is 2.12. The van der Waals surface area contributed by atoms with Crippen LogP contribution >= 0.6 is 11.6 Å². The van der Waals surface area contributed by atoms with Gasteiger partial charge in [-0.3, -0.25) is 0 Å². The molecule has 0 aromatic heterocycles. The fourth-order valence-corrected chi connectivity index (χ4v) is 2.58. The van der Waals surface area contributed by atoms with Crippen molar-refractivity contribution in [2.45, 2.75) is 53.6 Å². The average Bonchev–Trinajstić information content (AvgIpc) is 2.37. The van der Waals surface area contributed by atoms with Crippen molar-refractivity contribution >= 4 is 17.3 Å². The Bertz CT molecular complexity index is 417. The maximum atomic E-state index is 9.69. The first-order valence-electron chi connectivity index (χ1n) is 8.03.